The molecule has 0 spiro atoms. The summed E-state index contributed by atoms with van der Waals surface area (Å²) in [7, 11) is 2.17. The van der Waals surface area contributed by atoms with Crippen LogP contribution in [0, 0.1) is 0 Å². The van der Waals surface area contributed by atoms with Gasteiger partial charge in [-0.1, -0.05) is 6.07 Å². The molecule has 1 aliphatic heterocycles. The van der Waals surface area contributed by atoms with Crippen LogP contribution in [-0.4, -0.2) is 61.3 Å². The van der Waals surface area contributed by atoms with Gasteiger partial charge in [0.15, 0.2) is 0 Å². The molecule has 1 N–H and O–H groups in total. The van der Waals surface area contributed by atoms with Crippen molar-refractivity contribution in [2.45, 2.75) is 18.9 Å². The van der Waals surface area contributed by atoms with E-state index in [1.54, 1.807) is 0 Å². The predicted molar refractivity (Wildman–Crippen MR) is 79.2 cm³/mol. The quantitative estimate of drug-likeness (QED) is 0.899. The maximum absolute atomic E-state index is 9.79. The summed E-state index contributed by atoms with van der Waals surface area (Å²) in [6.07, 6.45) is 1.54. The van der Waals surface area contributed by atoms with E-state index in [1.807, 2.05) is 12.1 Å². The zero-order valence-corrected chi connectivity index (χ0v) is 12.2. The number of rotatable bonds is 4. The van der Waals surface area contributed by atoms with Crippen molar-refractivity contribution in [1.82, 2.24) is 9.80 Å². The number of nitrogens with zero attached hydrogens (tertiary/aromatic N) is 2. The van der Waals surface area contributed by atoms with Crippen LogP contribution in [0.1, 0.15) is 23.7 Å². The van der Waals surface area contributed by atoms with Crippen LogP contribution in [0.4, 0.5) is 0 Å². The Kier molecular flexibility index (Phi) is 4.24. The SMILES string of the molecule is CN1CCN(CCOc2ccc3c(c2)CCC3O)CC1. The van der Waals surface area contributed by atoms with Gasteiger partial charge in [-0.2, -0.15) is 0 Å². The highest BCUT2D eigenvalue weighted by molar-refractivity contribution is 5.39. The third kappa shape index (κ3) is 3.14. The Hall–Kier alpha value is -1.10. The first-order valence-electron chi connectivity index (χ1n) is 7.57. The molecule has 1 aromatic rings. The van der Waals surface area contributed by atoms with Gasteiger partial charge in [0.25, 0.3) is 0 Å². The zero-order valence-electron chi connectivity index (χ0n) is 12.2. The minimum Gasteiger partial charge on any atom is -0.492 e. The second kappa shape index (κ2) is 6.12. The maximum Gasteiger partial charge on any atom is 0.119 e. The number of likely N-dealkylation sites (N-methyl/N-ethyl adjacent to an activating group) is 1. The van der Waals surface area contributed by atoms with Gasteiger partial charge in [0.2, 0.25) is 0 Å². The molecule has 0 bridgehead atoms. The summed E-state index contributed by atoms with van der Waals surface area (Å²) in [6, 6.07) is 6.09. The first-order valence-corrected chi connectivity index (χ1v) is 7.57. The van der Waals surface area contributed by atoms with E-state index >= 15 is 0 Å². The van der Waals surface area contributed by atoms with Crippen molar-refractivity contribution in [3.63, 3.8) is 0 Å². The van der Waals surface area contributed by atoms with Gasteiger partial charge >= 0.3 is 0 Å². The molecule has 0 amide bonds. The molecule has 1 atom stereocenters. The number of hydrogen-bond acceptors (Lipinski definition) is 4. The number of aryl methyl sites for hydroxylation is 1. The highest BCUT2D eigenvalue weighted by Gasteiger charge is 2.20. The molecule has 4 nitrogen and oxygen atoms in total. The summed E-state index contributed by atoms with van der Waals surface area (Å²) >= 11 is 0. The van der Waals surface area contributed by atoms with E-state index < -0.39 is 0 Å². The third-order valence-electron chi connectivity index (χ3n) is 4.43. The Bertz CT molecular complexity index is 456. The summed E-state index contributed by atoms with van der Waals surface area (Å²) in [5.74, 6) is 0.937. The van der Waals surface area contributed by atoms with Gasteiger partial charge in [-0.05, 0) is 43.1 Å². The highest BCUT2D eigenvalue weighted by Crippen LogP contribution is 2.33. The Morgan fingerprint density at radius 2 is 2.05 bits per heavy atom. The molecule has 1 unspecified atom stereocenters. The van der Waals surface area contributed by atoms with E-state index in [0.717, 1.165) is 63.5 Å². The van der Waals surface area contributed by atoms with Crippen LogP contribution in [0.25, 0.3) is 0 Å². The van der Waals surface area contributed by atoms with Crippen LogP contribution >= 0.6 is 0 Å². The molecular formula is C16H24N2O2. The molecule has 4 heteroatoms. The van der Waals surface area contributed by atoms with Gasteiger partial charge in [-0.15, -0.1) is 0 Å². The molecule has 0 radical (unpaired) electrons. The molecule has 0 saturated carbocycles. The van der Waals surface area contributed by atoms with E-state index in [1.165, 1.54) is 5.56 Å². The standard InChI is InChI=1S/C16H24N2O2/c1-17-6-8-18(9-7-17)10-11-20-14-3-4-15-13(12-14)2-5-16(15)19/h3-4,12,16,19H,2,5-11H2,1H3. The van der Waals surface area contributed by atoms with Crippen LogP contribution in [0.15, 0.2) is 18.2 Å². The lowest BCUT2D eigenvalue weighted by Gasteiger charge is -2.32. The molecule has 2 aliphatic rings. The molecule has 1 aromatic carbocycles. The van der Waals surface area contributed by atoms with Crippen LogP contribution < -0.4 is 4.74 Å². The smallest absolute Gasteiger partial charge is 0.119 e. The van der Waals surface area contributed by atoms with Crippen molar-refractivity contribution in [2.24, 2.45) is 0 Å². The maximum atomic E-state index is 9.79. The van der Waals surface area contributed by atoms with Gasteiger partial charge in [0.1, 0.15) is 12.4 Å². The monoisotopic (exact) mass is 276 g/mol. The predicted octanol–water partition coefficient (Wildman–Crippen LogP) is 1.29. The minimum atomic E-state index is -0.274. The molecule has 1 saturated heterocycles. The summed E-state index contributed by atoms with van der Waals surface area (Å²) in [5.41, 5.74) is 2.33. The minimum absolute atomic E-state index is 0.274. The second-order valence-corrected chi connectivity index (χ2v) is 5.91. The number of aliphatic hydroxyl groups excluding tert-OH is 1. The molecule has 110 valence electrons. The summed E-state index contributed by atoms with van der Waals surface area (Å²) in [5, 5.41) is 9.79. The van der Waals surface area contributed by atoms with Gasteiger partial charge in [-0.25, -0.2) is 0 Å². The number of benzene rings is 1. The highest BCUT2D eigenvalue weighted by atomic mass is 16.5. The zero-order chi connectivity index (χ0) is 13.9. The van der Waals surface area contributed by atoms with Crippen LogP contribution in [0.2, 0.25) is 0 Å². The number of hydrogen-bond donors (Lipinski definition) is 1. The third-order valence-corrected chi connectivity index (χ3v) is 4.43. The van der Waals surface area contributed by atoms with Crippen molar-refractivity contribution < 1.29 is 9.84 Å². The van der Waals surface area contributed by atoms with Crippen molar-refractivity contribution in [3.05, 3.63) is 29.3 Å². The lowest BCUT2D eigenvalue weighted by molar-refractivity contribution is 0.133. The summed E-state index contributed by atoms with van der Waals surface area (Å²) < 4.78 is 5.86. The van der Waals surface area contributed by atoms with Gasteiger partial charge in [-0.3, -0.25) is 4.90 Å². The average Bonchev–Trinajstić information content (AvgIpc) is 2.82. The average molecular weight is 276 g/mol. The van der Waals surface area contributed by atoms with Crippen molar-refractivity contribution in [1.29, 1.82) is 0 Å². The molecule has 3 rings (SSSR count). The van der Waals surface area contributed by atoms with E-state index in [9.17, 15) is 5.11 Å². The van der Waals surface area contributed by atoms with Crippen molar-refractivity contribution >= 4 is 0 Å². The molecule has 0 aromatic heterocycles. The second-order valence-electron chi connectivity index (χ2n) is 5.91. The largest absolute Gasteiger partial charge is 0.492 e. The van der Waals surface area contributed by atoms with E-state index in [2.05, 4.69) is 22.9 Å². The number of piperazine rings is 1. The topological polar surface area (TPSA) is 35.9 Å². The van der Waals surface area contributed by atoms with E-state index in [0.29, 0.717) is 0 Å². The molecular weight excluding hydrogens is 252 g/mol. The molecule has 1 fully saturated rings. The Morgan fingerprint density at radius 1 is 1.25 bits per heavy atom. The summed E-state index contributed by atoms with van der Waals surface area (Å²) in [4.78, 5) is 4.82. The van der Waals surface area contributed by atoms with Crippen LogP contribution in [0.3, 0.4) is 0 Å². The lowest BCUT2D eigenvalue weighted by atomic mass is 10.1. The van der Waals surface area contributed by atoms with Gasteiger partial charge in [0, 0.05) is 32.7 Å². The fourth-order valence-corrected chi connectivity index (χ4v) is 3.03. The Labute approximate surface area is 120 Å². The number of fused-ring (bicyclic) bond motifs is 1. The lowest BCUT2D eigenvalue weighted by Crippen LogP contribution is -2.45. The van der Waals surface area contributed by atoms with Gasteiger partial charge in [0.05, 0.1) is 6.10 Å². The Balaban J connectivity index is 1.47. The van der Waals surface area contributed by atoms with Crippen molar-refractivity contribution in [3.8, 4) is 5.75 Å². The summed E-state index contributed by atoms with van der Waals surface area (Å²) in [6.45, 7) is 6.30. The van der Waals surface area contributed by atoms with E-state index in [-0.39, 0.29) is 6.10 Å². The van der Waals surface area contributed by atoms with E-state index in [4.69, 9.17) is 4.74 Å². The van der Waals surface area contributed by atoms with Gasteiger partial charge < -0.3 is 14.7 Å². The number of ether oxygens (including phenoxy) is 1. The fourth-order valence-electron chi connectivity index (χ4n) is 3.03. The molecule has 20 heavy (non-hydrogen) atoms. The fraction of sp³-hybridized carbons (Fsp3) is 0.625. The van der Waals surface area contributed by atoms with Crippen molar-refractivity contribution in [2.75, 3.05) is 46.4 Å². The Morgan fingerprint density at radius 3 is 2.85 bits per heavy atom. The van der Waals surface area contributed by atoms with Crippen LogP contribution in [-0.2, 0) is 6.42 Å². The van der Waals surface area contributed by atoms with Crippen LogP contribution in [0.5, 0.6) is 5.75 Å². The first kappa shape index (κ1) is 13.9. The molecule has 1 aliphatic carbocycles. The first-order chi connectivity index (χ1) is 9.72. The normalized spacial score (nSPS) is 23.8. The molecule has 1 heterocycles. The number of aliphatic hydroxyl groups is 1.